The number of hydrogen-bond acceptors (Lipinski definition) is 8. The molecular formula is C29H37N5O5S. The minimum Gasteiger partial charge on any atom is -0.461 e. The molecule has 0 aliphatic carbocycles. The summed E-state index contributed by atoms with van der Waals surface area (Å²) >= 11 is 1.62. The third kappa shape index (κ3) is 4.62. The molecular weight excluding hydrogens is 530 g/mol. The number of fused-ring (bicyclic) bond motifs is 2. The van der Waals surface area contributed by atoms with Crippen LogP contribution in [-0.4, -0.2) is 89.5 Å². The topological polar surface area (TPSA) is 118 Å². The largest absolute Gasteiger partial charge is 0.461 e. The number of likely N-dealkylation sites (tertiary alicyclic amines) is 1. The number of hydrogen-bond donors (Lipinski definition) is 1. The molecule has 2 amide bonds. The molecule has 1 aromatic carbocycles. The number of unbranched alkanes of at least 4 members (excludes halogenated alkanes) is 2. The van der Waals surface area contributed by atoms with Gasteiger partial charge in [0.05, 0.1) is 22.1 Å². The minimum atomic E-state index is -0.738. The Labute approximate surface area is 238 Å². The lowest BCUT2D eigenvalue weighted by atomic mass is 9.66. The number of amides is 2. The second-order valence-electron chi connectivity index (χ2n) is 11.0. The van der Waals surface area contributed by atoms with Crippen molar-refractivity contribution in [3.8, 4) is 0 Å². The molecule has 3 aliphatic rings. The van der Waals surface area contributed by atoms with Crippen LogP contribution in [0, 0.1) is 11.8 Å². The smallest absolute Gasteiger partial charge is 0.311 e. The van der Waals surface area contributed by atoms with Gasteiger partial charge in [-0.25, -0.2) is 4.68 Å². The Bertz CT molecular complexity index is 1310. The van der Waals surface area contributed by atoms with E-state index in [1.54, 1.807) is 32.3 Å². The first kappa shape index (κ1) is 28.4. The zero-order valence-corrected chi connectivity index (χ0v) is 23.7. The first-order valence-corrected chi connectivity index (χ1v) is 14.7. The summed E-state index contributed by atoms with van der Waals surface area (Å²) in [6, 6.07) is 6.82. The van der Waals surface area contributed by atoms with Crippen LogP contribution in [0.2, 0.25) is 0 Å². The molecule has 0 radical (unpaired) electrons. The van der Waals surface area contributed by atoms with Gasteiger partial charge in [0.15, 0.2) is 0 Å². The Morgan fingerprint density at radius 1 is 1.23 bits per heavy atom. The van der Waals surface area contributed by atoms with Crippen molar-refractivity contribution in [2.75, 3.05) is 26.3 Å². The number of benzene rings is 1. The van der Waals surface area contributed by atoms with E-state index in [0.29, 0.717) is 32.2 Å². The van der Waals surface area contributed by atoms with Crippen LogP contribution in [-0.2, 0) is 25.8 Å². The molecule has 0 saturated carbocycles. The van der Waals surface area contributed by atoms with Crippen molar-refractivity contribution in [3.63, 3.8) is 0 Å². The number of aliphatic hydroxyl groups is 1. The van der Waals surface area contributed by atoms with Gasteiger partial charge >= 0.3 is 5.97 Å². The van der Waals surface area contributed by atoms with Crippen LogP contribution < -0.4 is 0 Å². The van der Waals surface area contributed by atoms with Gasteiger partial charge in [-0.15, -0.1) is 23.4 Å². The molecule has 214 valence electrons. The molecule has 3 aliphatic heterocycles. The molecule has 2 bridgehead atoms. The number of rotatable bonds is 13. The average Bonchev–Trinajstić information content (AvgIpc) is 3.65. The predicted octanol–water partition coefficient (Wildman–Crippen LogP) is 2.78. The lowest BCUT2D eigenvalue weighted by Crippen LogP contribution is -2.55. The van der Waals surface area contributed by atoms with Gasteiger partial charge in [-0.3, -0.25) is 14.4 Å². The number of aromatic nitrogens is 3. The first-order chi connectivity index (χ1) is 19.3. The highest BCUT2D eigenvalue weighted by Gasteiger charge is 2.77. The maximum Gasteiger partial charge on any atom is 0.311 e. The van der Waals surface area contributed by atoms with Crippen LogP contribution >= 0.6 is 11.8 Å². The fourth-order valence-corrected chi connectivity index (χ4v) is 9.17. The summed E-state index contributed by atoms with van der Waals surface area (Å²) < 4.78 is 5.95. The van der Waals surface area contributed by atoms with Gasteiger partial charge in [-0.2, -0.15) is 0 Å². The van der Waals surface area contributed by atoms with E-state index in [9.17, 15) is 19.5 Å². The van der Waals surface area contributed by atoms with Crippen molar-refractivity contribution in [1.82, 2.24) is 24.8 Å². The molecule has 1 aromatic heterocycles. The van der Waals surface area contributed by atoms with Crippen LogP contribution in [0.5, 0.6) is 0 Å². The van der Waals surface area contributed by atoms with Crippen molar-refractivity contribution < 1.29 is 24.2 Å². The number of nitrogens with zero attached hydrogens (tertiary/aromatic N) is 5. The Morgan fingerprint density at radius 2 is 2.02 bits per heavy atom. The second-order valence-corrected chi connectivity index (χ2v) is 12.9. The van der Waals surface area contributed by atoms with Crippen LogP contribution in [0.4, 0.5) is 0 Å². The normalized spacial score (nSPS) is 28.6. The molecule has 2 unspecified atom stereocenters. The highest BCUT2D eigenvalue weighted by atomic mass is 32.2. The number of thioether (sulfide) groups is 1. The van der Waals surface area contributed by atoms with E-state index in [2.05, 4.69) is 23.5 Å². The van der Waals surface area contributed by atoms with E-state index in [1.165, 1.54) is 6.08 Å². The van der Waals surface area contributed by atoms with Gasteiger partial charge in [0.25, 0.3) is 0 Å². The molecule has 2 aromatic rings. The number of aliphatic hydroxyl groups excluding tert-OH is 1. The lowest BCUT2D eigenvalue weighted by molar-refractivity contribution is -0.154. The van der Waals surface area contributed by atoms with Crippen LogP contribution in [0.1, 0.15) is 39.0 Å². The van der Waals surface area contributed by atoms with E-state index < -0.39 is 33.3 Å². The second kappa shape index (κ2) is 11.4. The van der Waals surface area contributed by atoms with E-state index in [-0.39, 0.29) is 38.2 Å². The molecule has 11 heteroatoms. The Morgan fingerprint density at radius 3 is 2.77 bits per heavy atom. The maximum absolute atomic E-state index is 14.6. The van der Waals surface area contributed by atoms with Crippen molar-refractivity contribution in [3.05, 3.63) is 49.6 Å². The number of ether oxygens (including phenoxy) is 1. The first-order valence-electron chi connectivity index (χ1n) is 13.9. The van der Waals surface area contributed by atoms with E-state index in [1.807, 2.05) is 31.2 Å². The maximum atomic E-state index is 14.6. The molecule has 40 heavy (non-hydrogen) atoms. The fourth-order valence-electron chi connectivity index (χ4n) is 6.83. The summed E-state index contributed by atoms with van der Waals surface area (Å²) in [6.45, 7) is 10.5. The molecule has 5 atom stereocenters. The van der Waals surface area contributed by atoms with Gasteiger partial charge < -0.3 is 19.6 Å². The zero-order chi connectivity index (χ0) is 28.5. The van der Waals surface area contributed by atoms with Gasteiger partial charge in [0, 0.05) is 24.4 Å². The Kier molecular flexibility index (Phi) is 8.05. The van der Waals surface area contributed by atoms with Gasteiger partial charge in [0.2, 0.25) is 11.8 Å². The SMILES string of the molecule is C=CCOC(=O)[C@@H]1[C@H]2C(=O)N(CCCCCO)C(C(=O)N(CC=C)Cn3nnc4ccccc43)C23CC[C@@]1(C)S3. The molecule has 4 heterocycles. The summed E-state index contributed by atoms with van der Waals surface area (Å²) in [4.78, 5) is 45.4. The fraction of sp³-hybridized carbons (Fsp3) is 0.552. The minimum absolute atomic E-state index is 0.0767. The highest BCUT2D eigenvalue weighted by molar-refractivity contribution is 8.02. The Hall–Kier alpha value is -3.18. The Balaban J connectivity index is 1.51. The number of para-hydroxylation sites is 1. The molecule has 5 rings (SSSR count). The number of carbonyl (C=O) groups is 3. The standard InChI is InChI=1S/C29H37N5O5S/c1-4-15-32(19-34-21-12-8-7-11-20(21)30-31-34)26(37)24-29-14-13-28(3,40-29)23(27(38)39-18-5-2)22(29)25(36)33(24)16-9-6-10-17-35/h4-5,7-8,11-12,22-24,35H,1-2,6,9-10,13-19H2,3H3/t22-,23-,24?,28+,29?/m0/s1. The molecule has 3 fully saturated rings. The van der Waals surface area contributed by atoms with Crippen molar-refractivity contribution in [2.24, 2.45) is 11.8 Å². The van der Waals surface area contributed by atoms with E-state index in [4.69, 9.17) is 4.74 Å². The lowest BCUT2D eigenvalue weighted by Gasteiger charge is -2.37. The van der Waals surface area contributed by atoms with Crippen molar-refractivity contribution >= 4 is 40.6 Å². The van der Waals surface area contributed by atoms with Crippen LogP contribution in [0.25, 0.3) is 11.0 Å². The zero-order valence-electron chi connectivity index (χ0n) is 22.9. The van der Waals surface area contributed by atoms with Crippen molar-refractivity contribution in [2.45, 2.75) is 61.2 Å². The predicted molar refractivity (Wildman–Crippen MR) is 152 cm³/mol. The van der Waals surface area contributed by atoms with Gasteiger partial charge in [-0.1, -0.05) is 36.1 Å². The summed E-state index contributed by atoms with van der Waals surface area (Å²) in [7, 11) is 0. The molecule has 1 spiro atoms. The van der Waals surface area contributed by atoms with Crippen molar-refractivity contribution in [1.29, 1.82) is 0 Å². The van der Waals surface area contributed by atoms with E-state index >= 15 is 0 Å². The van der Waals surface area contributed by atoms with E-state index in [0.717, 1.165) is 17.5 Å². The average molecular weight is 568 g/mol. The molecule has 3 saturated heterocycles. The summed E-state index contributed by atoms with van der Waals surface area (Å²) in [6.07, 6.45) is 6.58. The molecule has 1 N–H and O–H groups in total. The molecule has 10 nitrogen and oxygen atoms in total. The number of esters is 1. The van der Waals surface area contributed by atoms with Gasteiger partial charge in [-0.05, 0) is 51.2 Å². The summed E-state index contributed by atoms with van der Waals surface area (Å²) in [5, 5.41) is 17.8. The van der Waals surface area contributed by atoms with Crippen LogP contribution in [0.15, 0.2) is 49.6 Å². The highest BCUT2D eigenvalue weighted by Crippen LogP contribution is 2.71. The summed E-state index contributed by atoms with van der Waals surface area (Å²) in [5.41, 5.74) is 1.53. The van der Waals surface area contributed by atoms with Gasteiger partial charge in [0.1, 0.15) is 24.8 Å². The monoisotopic (exact) mass is 567 g/mol. The van der Waals surface area contributed by atoms with Crippen LogP contribution in [0.3, 0.4) is 0 Å². The third-order valence-electron chi connectivity index (χ3n) is 8.55. The third-order valence-corrected chi connectivity index (χ3v) is 10.5. The quantitative estimate of drug-likeness (QED) is 0.223. The number of carbonyl (C=O) groups excluding carboxylic acids is 3. The summed E-state index contributed by atoms with van der Waals surface area (Å²) in [5.74, 6) is -2.03.